The third kappa shape index (κ3) is 3.65. The molecule has 27 heavy (non-hydrogen) atoms. The van der Waals surface area contributed by atoms with Crippen molar-refractivity contribution in [1.29, 1.82) is 0 Å². The Morgan fingerprint density at radius 2 is 1.93 bits per heavy atom. The van der Waals surface area contributed by atoms with Gasteiger partial charge in [-0.2, -0.15) is 0 Å². The van der Waals surface area contributed by atoms with E-state index in [9.17, 15) is 19.2 Å². The van der Waals surface area contributed by atoms with E-state index in [1.54, 1.807) is 6.92 Å². The lowest BCUT2D eigenvalue weighted by Gasteiger charge is -2.27. The first-order valence-corrected chi connectivity index (χ1v) is 9.24. The van der Waals surface area contributed by atoms with Crippen molar-refractivity contribution in [3.05, 3.63) is 35.4 Å². The van der Waals surface area contributed by atoms with Gasteiger partial charge in [0.15, 0.2) is 0 Å². The lowest BCUT2D eigenvalue weighted by molar-refractivity contribution is -0.135. The van der Waals surface area contributed by atoms with Gasteiger partial charge in [0.1, 0.15) is 12.1 Å². The Kier molecular flexibility index (Phi) is 5.43. The van der Waals surface area contributed by atoms with Gasteiger partial charge in [0.25, 0.3) is 5.91 Å². The average molecular weight is 372 g/mol. The lowest BCUT2D eigenvalue weighted by atomic mass is 9.84. The fourth-order valence-electron chi connectivity index (χ4n) is 3.75. The van der Waals surface area contributed by atoms with Gasteiger partial charge in [-0.05, 0) is 43.7 Å². The van der Waals surface area contributed by atoms with E-state index in [2.05, 4.69) is 16.0 Å². The van der Waals surface area contributed by atoms with Crippen LogP contribution >= 0.6 is 0 Å². The molecule has 0 saturated carbocycles. The van der Waals surface area contributed by atoms with Gasteiger partial charge in [-0.1, -0.05) is 24.3 Å². The molecule has 1 aromatic carbocycles. The average Bonchev–Trinajstić information content (AvgIpc) is 2.80. The summed E-state index contributed by atoms with van der Waals surface area (Å²) in [6, 6.07) is 7.05. The molecule has 1 saturated heterocycles. The lowest BCUT2D eigenvalue weighted by Crippen LogP contribution is -2.46. The van der Waals surface area contributed by atoms with E-state index in [1.807, 2.05) is 24.3 Å². The Labute approximate surface area is 157 Å². The van der Waals surface area contributed by atoms with Gasteiger partial charge in [-0.25, -0.2) is 4.79 Å². The van der Waals surface area contributed by atoms with E-state index < -0.39 is 29.9 Å². The van der Waals surface area contributed by atoms with Crippen molar-refractivity contribution < 1.29 is 19.2 Å². The predicted molar refractivity (Wildman–Crippen MR) is 97.6 cm³/mol. The highest BCUT2D eigenvalue weighted by atomic mass is 16.2. The monoisotopic (exact) mass is 372 g/mol. The molecule has 0 aromatic heterocycles. The number of imide groups is 1. The molecule has 1 fully saturated rings. The third-order valence-electron chi connectivity index (χ3n) is 5.02. The van der Waals surface area contributed by atoms with Gasteiger partial charge in [-0.3, -0.25) is 19.3 Å². The number of hydrogen-bond donors (Lipinski definition) is 3. The van der Waals surface area contributed by atoms with Crippen molar-refractivity contribution in [1.82, 2.24) is 20.9 Å². The first-order valence-electron chi connectivity index (χ1n) is 9.24. The van der Waals surface area contributed by atoms with Crippen LogP contribution in [0.4, 0.5) is 4.79 Å². The molecule has 1 aromatic rings. The summed E-state index contributed by atoms with van der Waals surface area (Å²) in [7, 11) is 0. The Hall–Kier alpha value is -2.90. The number of likely N-dealkylation sites (N-methyl/N-ethyl adjacent to an activating group) is 1. The standard InChI is InChI=1S/C19H24N4O4/c1-2-20-15(24)11-21-16(25)12-23-17(26)19(22-18(23)27)10-6-5-8-13-7-3-4-9-14(13)19/h3-4,7,9H,2,5-6,8,10-12H2,1H3,(H,20,24)(H,21,25)(H,22,27)/t19-/m1/s1. The highest BCUT2D eigenvalue weighted by molar-refractivity contribution is 6.09. The number of nitrogens with one attached hydrogen (secondary N) is 3. The van der Waals surface area contributed by atoms with Crippen molar-refractivity contribution >= 4 is 23.8 Å². The van der Waals surface area contributed by atoms with Crippen LogP contribution in [0.15, 0.2) is 24.3 Å². The summed E-state index contributed by atoms with van der Waals surface area (Å²) in [6.07, 6.45) is 3.10. The molecule has 0 radical (unpaired) electrons. The fraction of sp³-hybridized carbons (Fsp3) is 0.474. The van der Waals surface area contributed by atoms with Crippen LogP contribution in [-0.4, -0.2) is 48.3 Å². The summed E-state index contributed by atoms with van der Waals surface area (Å²) >= 11 is 0. The minimum Gasteiger partial charge on any atom is -0.355 e. The molecule has 8 heteroatoms. The van der Waals surface area contributed by atoms with E-state index in [0.29, 0.717) is 13.0 Å². The summed E-state index contributed by atoms with van der Waals surface area (Å²) < 4.78 is 0. The quantitative estimate of drug-likeness (QED) is 0.651. The second kappa shape index (κ2) is 7.77. The van der Waals surface area contributed by atoms with Gasteiger partial charge >= 0.3 is 6.03 Å². The van der Waals surface area contributed by atoms with E-state index in [4.69, 9.17) is 0 Å². The van der Waals surface area contributed by atoms with Crippen LogP contribution in [0, 0.1) is 0 Å². The number of rotatable bonds is 5. The molecule has 0 bridgehead atoms. The molecule has 0 unspecified atom stereocenters. The van der Waals surface area contributed by atoms with Gasteiger partial charge in [0.05, 0.1) is 6.54 Å². The molecule has 144 valence electrons. The number of carbonyl (C=O) groups is 4. The number of fused-ring (bicyclic) bond motifs is 2. The zero-order valence-electron chi connectivity index (χ0n) is 15.3. The van der Waals surface area contributed by atoms with E-state index in [0.717, 1.165) is 35.3 Å². The van der Waals surface area contributed by atoms with Gasteiger partial charge in [-0.15, -0.1) is 0 Å². The highest BCUT2D eigenvalue weighted by Crippen LogP contribution is 2.38. The maximum absolute atomic E-state index is 13.2. The van der Waals surface area contributed by atoms with Crippen molar-refractivity contribution in [2.24, 2.45) is 0 Å². The van der Waals surface area contributed by atoms with Crippen LogP contribution in [0.1, 0.15) is 37.3 Å². The van der Waals surface area contributed by atoms with Crippen molar-refractivity contribution in [3.63, 3.8) is 0 Å². The van der Waals surface area contributed by atoms with Crippen LogP contribution in [0.3, 0.4) is 0 Å². The Bertz CT molecular complexity index is 779. The Balaban J connectivity index is 1.75. The number of carbonyl (C=O) groups excluding carboxylic acids is 4. The summed E-state index contributed by atoms with van der Waals surface area (Å²) in [6.45, 7) is 1.64. The smallest absolute Gasteiger partial charge is 0.325 e. The predicted octanol–water partition coefficient (Wildman–Crippen LogP) is 0.412. The van der Waals surface area contributed by atoms with Crippen LogP contribution in [0.2, 0.25) is 0 Å². The number of hydrogen-bond acceptors (Lipinski definition) is 4. The molecule has 1 heterocycles. The topological polar surface area (TPSA) is 108 Å². The summed E-state index contributed by atoms with van der Waals surface area (Å²) in [4.78, 5) is 50.2. The second-order valence-electron chi connectivity index (χ2n) is 6.82. The van der Waals surface area contributed by atoms with Crippen molar-refractivity contribution in [3.8, 4) is 0 Å². The molecule has 1 aliphatic carbocycles. The number of amides is 5. The van der Waals surface area contributed by atoms with Crippen molar-refractivity contribution in [2.75, 3.05) is 19.6 Å². The summed E-state index contributed by atoms with van der Waals surface area (Å²) in [5, 5.41) is 7.83. The first-order chi connectivity index (χ1) is 13.0. The fourth-order valence-corrected chi connectivity index (χ4v) is 3.75. The van der Waals surface area contributed by atoms with E-state index in [-0.39, 0.29) is 12.5 Å². The molecule has 8 nitrogen and oxygen atoms in total. The molecule has 3 N–H and O–H groups in total. The molecule has 1 spiro atoms. The van der Waals surface area contributed by atoms with Crippen molar-refractivity contribution in [2.45, 2.75) is 38.1 Å². The zero-order valence-corrected chi connectivity index (χ0v) is 15.3. The normalized spacial score (nSPS) is 21.4. The minimum absolute atomic E-state index is 0.190. The van der Waals surface area contributed by atoms with E-state index >= 15 is 0 Å². The van der Waals surface area contributed by atoms with E-state index in [1.165, 1.54) is 0 Å². The largest absolute Gasteiger partial charge is 0.355 e. The molecular weight excluding hydrogens is 348 g/mol. The maximum atomic E-state index is 13.2. The molecule has 1 atom stereocenters. The third-order valence-corrected chi connectivity index (χ3v) is 5.02. The molecule has 5 amide bonds. The number of aryl methyl sites for hydroxylation is 1. The molecular formula is C19H24N4O4. The number of nitrogens with zero attached hydrogens (tertiary/aromatic N) is 1. The second-order valence-corrected chi connectivity index (χ2v) is 6.82. The van der Waals surface area contributed by atoms with Gasteiger partial charge in [0.2, 0.25) is 11.8 Å². The molecule has 2 aliphatic rings. The number of urea groups is 1. The summed E-state index contributed by atoms with van der Waals surface area (Å²) in [5.41, 5.74) is 0.751. The minimum atomic E-state index is -1.11. The van der Waals surface area contributed by atoms with Crippen LogP contribution in [0.5, 0.6) is 0 Å². The zero-order chi connectivity index (χ0) is 19.4. The van der Waals surface area contributed by atoms with Crippen LogP contribution in [0.25, 0.3) is 0 Å². The van der Waals surface area contributed by atoms with Gasteiger partial charge in [0, 0.05) is 6.54 Å². The highest BCUT2D eigenvalue weighted by Gasteiger charge is 2.53. The molecule has 3 rings (SSSR count). The SMILES string of the molecule is CCNC(=O)CNC(=O)CN1C(=O)N[C@@]2(CCCCc3ccccc32)C1=O. The Morgan fingerprint density at radius 3 is 2.70 bits per heavy atom. The Morgan fingerprint density at radius 1 is 1.15 bits per heavy atom. The van der Waals surface area contributed by atoms with Crippen LogP contribution in [-0.2, 0) is 26.3 Å². The van der Waals surface area contributed by atoms with Crippen LogP contribution < -0.4 is 16.0 Å². The first kappa shape index (κ1) is 18.9. The molecule has 1 aliphatic heterocycles. The maximum Gasteiger partial charge on any atom is 0.325 e. The number of benzene rings is 1. The summed E-state index contributed by atoms with van der Waals surface area (Å²) in [5.74, 6) is -1.28. The van der Waals surface area contributed by atoms with Gasteiger partial charge < -0.3 is 16.0 Å².